The minimum absolute atomic E-state index is 0.148. The summed E-state index contributed by atoms with van der Waals surface area (Å²) in [4.78, 5) is 8.97. The van der Waals surface area contributed by atoms with E-state index in [1.54, 1.807) is 0 Å². The molecule has 7 nitrogen and oxygen atoms in total. The second kappa shape index (κ2) is 7.12. The van der Waals surface area contributed by atoms with Gasteiger partial charge in [0, 0.05) is 32.8 Å². The van der Waals surface area contributed by atoms with Crippen molar-refractivity contribution in [1.82, 2.24) is 19.9 Å². The van der Waals surface area contributed by atoms with Gasteiger partial charge in [0.15, 0.2) is 5.82 Å². The number of ether oxygens (including phenoxy) is 2. The van der Waals surface area contributed by atoms with Crippen molar-refractivity contribution in [3.8, 4) is 0 Å². The van der Waals surface area contributed by atoms with Crippen LogP contribution in [0.5, 0.6) is 0 Å². The molecule has 1 fully saturated rings. The first-order chi connectivity index (χ1) is 9.65. The smallest absolute Gasteiger partial charge is 0.283 e. The van der Waals surface area contributed by atoms with E-state index < -0.39 is 6.29 Å². The zero-order valence-electron chi connectivity index (χ0n) is 12.7. The summed E-state index contributed by atoms with van der Waals surface area (Å²) in [6, 6.07) is 0.148. The van der Waals surface area contributed by atoms with Gasteiger partial charge in [0.25, 0.3) is 5.89 Å². The van der Waals surface area contributed by atoms with Crippen molar-refractivity contribution in [3.63, 3.8) is 0 Å². The predicted octanol–water partition coefficient (Wildman–Crippen LogP) is 1.06. The van der Waals surface area contributed by atoms with Crippen molar-refractivity contribution in [3.05, 3.63) is 11.7 Å². The van der Waals surface area contributed by atoms with Crippen LogP contribution in [0.4, 0.5) is 0 Å². The van der Waals surface area contributed by atoms with E-state index in [0.29, 0.717) is 24.9 Å². The highest BCUT2D eigenvalue weighted by Gasteiger charge is 2.29. The lowest BCUT2D eigenvalue weighted by molar-refractivity contribution is -0.155. The quantitative estimate of drug-likeness (QED) is 0.724. The lowest BCUT2D eigenvalue weighted by Gasteiger charge is -2.35. The fourth-order valence-electron chi connectivity index (χ4n) is 2.26. The molecule has 0 amide bonds. The molecule has 1 saturated heterocycles. The van der Waals surface area contributed by atoms with Crippen LogP contribution in [0, 0.1) is 0 Å². The zero-order chi connectivity index (χ0) is 14.5. The van der Waals surface area contributed by atoms with Crippen molar-refractivity contribution < 1.29 is 14.0 Å². The van der Waals surface area contributed by atoms with Crippen LogP contribution in [-0.4, -0.2) is 66.9 Å². The Bertz CT molecular complexity index is 406. The maximum atomic E-state index is 5.47. The second-order valence-corrected chi connectivity index (χ2v) is 4.99. The van der Waals surface area contributed by atoms with Crippen LogP contribution in [0.3, 0.4) is 0 Å². The average Bonchev–Trinajstić information content (AvgIpc) is 2.91. The fraction of sp³-hybridized carbons (Fsp3) is 0.846. The number of likely N-dealkylation sites (N-methyl/N-ethyl adjacent to an activating group) is 2. The highest BCUT2D eigenvalue weighted by Crippen LogP contribution is 2.24. The van der Waals surface area contributed by atoms with E-state index in [1.807, 2.05) is 13.8 Å². The molecule has 1 aromatic heterocycles. The molecule has 2 heterocycles. The first-order valence-electron chi connectivity index (χ1n) is 7.11. The number of aromatic nitrogens is 2. The number of piperazine rings is 1. The van der Waals surface area contributed by atoms with Gasteiger partial charge in [-0.15, -0.1) is 0 Å². The summed E-state index contributed by atoms with van der Waals surface area (Å²) >= 11 is 0. The summed E-state index contributed by atoms with van der Waals surface area (Å²) in [6.45, 7) is 7.83. The minimum atomic E-state index is -0.571. The van der Waals surface area contributed by atoms with Crippen LogP contribution in [0.15, 0.2) is 4.52 Å². The molecule has 0 aliphatic carbocycles. The molecule has 20 heavy (non-hydrogen) atoms. The van der Waals surface area contributed by atoms with Gasteiger partial charge in [-0.2, -0.15) is 4.98 Å². The Morgan fingerprint density at radius 1 is 1.25 bits per heavy atom. The standard InChI is InChI=1S/C13H24N4O3/c1-5-18-13(19-6-2)12-14-11(15-20-12)10-9-16(3)7-8-17(10)4/h10,13H,5-9H2,1-4H3. The van der Waals surface area contributed by atoms with E-state index >= 15 is 0 Å². The number of hydrogen-bond donors (Lipinski definition) is 0. The first kappa shape index (κ1) is 15.4. The number of nitrogens with zero attached hydrogens (tertiary/aromatic N) is 4. The van der Waals surface area contributed by atoms with Gasteiger partial charge < -0.3 is 18.9 Å². The van der Waals surface area contributed by atoms with Crippen molar-refractivity contribution in [2.75, 3.05) is 46.9 Å². The Hall–Kier alpha value is -1.02. The third-order valence-corrected chi connectivity index (χ3v) is 3.44. The lowest BCUT2D eigenvalue weighted by Crippen LogP contribution is -2.45. The average molecular weight is 284 g/mol. The van der Waals surface area contributed by atoms with Gasteiger partial charge in [-0.05, 0) is 27.9 Å². The van der Waals surface area contributed by atoms with Crippen LogP contribution < -0.4 is 0 Å². The van der Waals surface area contributed by atoms with Gasteiger partial charge in [-0.25, -0.2) is 0 Å². The summed E-state index contributed by atoms with van der Waals surface area (Å²) in [5, 5.41) is 4.10. The molecule has 1 atom stereocenters. The summed E-state index contributed by atoms with van der Waals surface area (Å²) in [5.41, 5.74) is 0. The predicted molar refractivity (Wildman–Crippen MR) is 73.2 cm³/mol. The van der Waals surface area contributed by atoms with E-state index in [-0.39, 0.29) is 6.04 Å². The van der Waals surface area contributed by atoms with Crippen molar-refractivity contribution >= 4 is 0 Å². The molecule has 1 unspecified atom stereocenters. The molecule has 0 spiro atoms. The van der Waals surface area contributed by atoms with E-state index in [9.17, 15) is 0 Å². The highest BCUT2D eigenvalue weighted by molar-refractivity contribution is 4.98. The molecule has 1 aliphatic rings. The Kier molecular flexibility index (Phi) is 5.47. The second-order valence-electron chi connectivity index (χ2n) is 4.99. The molecule has 7 heteroatoms. The molecular formula is C13H24N4O3. The van der Waals surface area contributed by atoms with Gasteiger partial charge in [-0.3, -0.25) is 4.90 Å². The van der Waals surface area contributed by atoms with Crippen molar-refractivity contribution in [2.24, 2.45) is 0 Å². The molecule has 0 aromatic carbocycles. The molecule has 0 bridgehead atoms. The van der Waals surface area contributed by atoms with Gasteiger partial charge in [0.2, 0.25) is 6.29 Å². The lowest BCUT2D eigenvalue weighted by atomic mass is 10.2. The molecule has 0 saturated carbocycles. The van der Waals surface area contributed by atoms with E-state index in [4.69, 9.17) is 14.0 Å². The summed E-state index contributed by atoms with van der Waals surface area (Å²) in [7, 11) is 4.18. The van der Waals surface area contributed by atoms with Gasteiger partial charge >= 0.3 is 0 Å². The van der Waals surface area contributed by atoms with Crippen LogP contribution in [0.1, 0.15) is 37.9 Å². The Morgan fingerprint density at radius 3 is 2.60 bits per heavy atom. The normalized spacial score (nSPS) is 21.8. The summed E-state index contributed by atoms with van der Waals surface area (Å²) in [6.07, 6.45) is -0.571. The Morgan fingerprint density at radius 2 is 1.95 bits per heavy atom. The van der Waals surface area contributed by atoms with Crippen LogP contribution in [-0.2, 0) is 9.47 Å². The third kappa shape index (κ3) is 3.54. The van der Waals surface area contributed by atoms with E-state index in [1.165, 1.54) is 0 Å². The molecular weight excluding hydrogens is 260 g/mol. The van der Waals surface area contributed by atoms with Crippen molar-refractivity contribution in [2.45, 2.75) is 26.2 Å². The Balaban J connectivity index is 2.10. The fourth-order valence-corrected chi connectivity index (χ4v) is 2.26. The molecule has 0 radical (unpaired) electrons. The summed E-state index contributed by atoms with van der Waals surface area (Å²) in [5.74, 6) is 1.09. The van der Waals surface area contributed by atoms with Crippen LogP contribution >= 0.6 is 0 Å². The molecule has 1 aliphatic heterocycles. The van der Waals surface area contributed by atoms with E-state index in [2.05, 4.69) is 34.0 Å². The monoisotopic (exact) mass is 284 g/mol. The number of hydrogen-bond acceptors (Lipinski definition) is 7. The first-order valence-corrected chi connectivity index (χ1v) is 7.11. The van der Waals surface area contributed by atoms with E-state index in [0.717, 1.165) is 19.6 Å². The molecule has 2 rings (SSSR count). The maximum Gasteiger partial charge on any atom is 0.283 e. The van der Waals surface area contributed by atoms with Crippen LogP contribution in [0.25, 0.3) is 0 Å². The van der Waals surface area contributed by atoms with Crippen LogP contribution in [0.2, 0.25) is 0 Å². The SMILES string of the molecule is CCOC(OCC)c1nc(C2CN(C)CCN2C)no1. The third-order valence-electron chi connectivity index (χ3n) is 3.44. The highest BCUT2D eigenvalue weighted by atomic mass is 16.7. The molecule has 114 valence electrons. The largest absolute Gasteiger partial charge is 0.345 e. The topological polar surface area (TPSA) is 63.9 Å². The maximum absolute atomic E-state index is 5.47. The van der Waals surface area contributed by atoms with Gasteiger partial charge in [0.05, 0.1) is 6.04 Å². The molecule has 0 N–H and O–H groups in total. The van der Waals surface area contributed by atoms with Gasteiger partial charge in [0.1, 0.15) is 0 Å². The minimum Gasteiger partial charge on any atom is -0.345 e. The Labute approximate surface area is 119 Å². The molecule has 1 aromatic rings. The zero-order valence-corrected chi connectivity index (χ0v) is 12.7. The summed E-state index contributed by atoms with van der Waals surface area (Å²) < 4.78 is 16.3. The van der Waals surface area contributed by atoms with Crippen molar-refractivity contribution in [1.29, 1.82) is 0 Å². The van der Waals surface area contributed by atoms with Gasteiger partial charge in [-0.1, -0.05) is 5.16 Å². The number of rotatable bonds is 6.